The molecule has 0 saturated heterocycles. The summed E-state index contributed by atoms with van der Waals surface area (Å²) in [4.78, 5) is 10.9. The van der Waals surface area contributed by atoms with Crippen molar-refractivity contribution in [1.29, 1.82) is 0 Å². The largest absolute Gasteiger partial charge is 0.481 e. The first-order valence-corrected chi connectivity index (χ1v) is 8.99. The highest BCUT2D eigenvalue weighted by Crippen LogP contribution is 2.11. The molecule has 1 atom stereocenters. The van der Waals surface area contributed by atoms with Crippen molar-refractivity contribution in [3.8, 4) is 0 Å². The lowest BCUT2D eigenvalue weighted by Gasteiger charge is -2.28. The van der Waals surface area contributed by atoms with E-state index in [-0.39, 0.29) is 12.5 Å². The van der Waals surface area contributed by atoms with Crippen LogP contribution in [0.2, 0.25) is 0 Å². The van der Waals surface area contributed by atoms with Crippen molar-refractivity contribution in [3.05, 3.63) is 0 Å². The molecule has 0 heterocycles. The van der Waals surface area contributed by atoms with Crippen molar-refractivity contribution in [2.75, 3.05) is 34.3 Å². The Hall–Kier alpha value is -0.610. The lowest BCUT2D eigenvalue weighted by Crippen LogP contribution is -2.43. The summed E-state index contributed by atoms with van der Waals surface area (Å²) in [6.07, 6.45) is 11.5. The zero-order chi connectivity index (χ0) is 16.8. The minimum Gasteiger partial charge on any atom is -0.481 e. The monoisotopic (exact) mass is 316 g/mol. The topological polar surface area (TPSA) is 46.5 Å². The number of quaternary nitrogens is 1. The van der Waals surface area contributed by atoms with E-state index in [1.165, 1.54) is 51.4 Å². The van der Waals surface area contributed by atoms with Gasteiger partial charge in [-0.1, -0.05) is 58.3 Å². The molecule has 0 aliphatic heterocycles. The van der Waals surface area contributed by atoms with Gasteiger partial charge in [-0.05, 0) is 6.42 Å². The van der Waals surface area contributed by atoms with Crippen LogP contribution in [0.3, 0.4) is 0 Å². The summed E-state index contributed by atoms with van der Waals surface area (Å²) in [5.74, 6) is -0.773. The van der Waals surface area contributed by atoms with E-state index in [0.717, 1.165) is 17.4 Å². The van der Waals surface area contributed by atoms with Gasteiger partial charge in [-0.15, -0.1) is 0 Å². The molecule has 0 saturated carbocycles. The predicted octanol–water partition coefficient (Wildman–Crippen LogP) is 4.08. The zero-order valence-corrected chi connectivity index (χ0v) is 15.3. The maximum Gasteiger partial charge on any atom is 0.306 e. The highest BCUT2D eigenvalue weighted by molar-refractivity contribution is 5.67. The number of hydrogen-bond acceptors (Lipinski definition) is 2. The van der Waals surface area contributed by atoms with Gasteiger partial charge in [0.25, 0.3) is 0 Å². The van der Waals surface area contributed by atoms with E-state index in [0.29, 0.717) is 6.61 Å². The molecule has 0 aromatic rings. The molecular weight excluding hydrogens is 278 g/mol. The lowest BCUT2D eigenvalue weighted by atomic mass is 10.1. The van der Waals surface area contributed by atoms with Crippen molar-refractivity contribution in [3.63, 3.8) is 0 Å². The Morgan fingerprint density at radius 1 is 0.955 bits per heavy atom. The summed E-state index contributed by atoms with van der Waals surface area (Å²) in [6.45, 7) is 3.67. The van der Waals surface area contributed by atoms with Crippen LogP contribution in [-0.4, -0.2) is 56.0 Å². The molecule has 0 fully saturated rings. The normalized spacial score (nSPS) is 13.3. The molecule has 0 aromatic carbocycles. The van der Waals surface area contributed by atoms with Gasteiger partial charge < -0.3 is 14.3 Å². The average molecular weight is 317 g/mol. The summed E-state index contributed by atoms with van der Waals surface area (Å²) in [5, 5.41) is 8.96. The molecule has 132 valence electrons. The Bertz CT molecular complexity index is 274. The van der Waals surface area contributed by atoms with Gasteiger partial charge in [-0.2, -0.15) is 0 Å². The lowest BCUT2D eigenvalue weighted by molar-refractivity contribution is -0.873. The standard InChI is InChI=1S/C18H37NO3/c1-5-6-7-8-9-10-11-12-13-14-22-17(15-18(20)21)16-19(2,3)4/h17H,5-16H2,1-4H3/p+1. The third-order valence-corrected chi connectivity index (χ3v) is 3.76. The predicted molar refractivity (Wildman–Crippen MR) is 92.1 cm³/mol. The molecule has 0 aliphatic carbocycles. The molecule has 1 N–H and O–H groups in total. The van der Waals surface area contributed by atoms with Crippen LogP contribution in [0.25, 0.3) is 0 Å². The minimum absolute atomic E-state index is 0.104. The Morgan fingerprint density at radius 2 is 1.45 bits per heavy atom. The van der Waals surface area contributed by atoms with Gasteiger partial charge in [-0.25, -0.2) is 0 Å². The highest BCUT2D eigenvalue weighted by atomic mass is 16.5. The number of likely N-dealkylation sites (N-methyl/N-ethyl adjacent to an activating group) is 1. The van der Waals surface area contributed by atoms with Crippen LogP contribution in [0.5, 0.6) is 0 Å². The van der Waals surface area contributed by atoms with Crippen molar-refractivity contribution in [2.24, 2.45) is 0 Å². The number of carbonyl (C=O) groups is 1. The molecule has 1 unspecified atom stereocenters. The van der Waals surface area contributed by atoms with Crippen LogP contribution < -0.4 is 0 Å². The summed E-state index contributed by atoms with van der Waals surface area (Å²) in [7, 11) is 6.20. The minimum atomic E-state index is -0.773. The number of rotatable bonds is 15. The Morgan fingerprint density at radius 3 is 1.91 bits per heavy atom. The van der Waals surface area contributed by atoms with Gasteiger partial charge in [0.15, 0.2) is 0 Å². The van der Waals surface area contributed by atoms with E-state index >= 15 is 0 Å². The Kier molecular flexibility index (Phi) is 12.5. The van der Waals surface area contributed by atoms with Crippen LogP contribution in [0.15, 0.2) is 0 Å². The quantitative estimate of drug-likeness (QED) is 0.366. The van der Waals surface area contributed by atoms with Gasteiger partial charge in [-0.3, -0.25) is 4.79 Å². The van der Waals surface area contributed by atoms with E-state index < -0.39 is 5.97 Å². The van der Waals surface area contributed by atoms with E-state index in [1.54, 1.807) is 0 Å². The van der Waals surface area contributed by atoms with Gasteiger partial charge in [0, 0.05) is 6.61 Å². The van der Waals surface area contributed by atoms with Gasteiger partial charge >= 0.3 is 5.97 Å². The average Bonchev–Trinajstić information content (AvgIpc) is 2.38. The van der Waals surface area contributed by atoms with E-state index in [4.69, 9.17) is 9.84 Å². The molecule has 4 heteroatoms. The Balaban J connectivity index is 3.61. The van der Waals surface area contributed by atoms with E-state index in [2.05, 4.69) is 28.1 Å². The fraction of sp³-hybridized carbons (Fsp3) is 0.944. The smallest absolute Gasteiger partial charge is 0.306 e. The molecule has 0 aliphatic rings. The second-order valence-electron chi connectivity index (χ2n) is 7.39. The molecule has 0 rings (SSSR count). The number of aliphatic carboxylic acids is 1. The van der Waals surface area contributed by atoms with Crippen LogP contribution in [0.1, 0.15) is 71.1 Å². The summed E-state index contributed by atoms with van der Waals surface area (Å²) in [5.41, 5.74) is 0. The highest BCUT2D eigenvalue weighted by Gasteiger charge is 2.21. The van der Waals surface area contributed by atoms with Crippen molar-refractivity contribution < 1.29 is 19.1 Å². The summed E-state index contributed by atoms with van der Waals surface area (Å²) in [6, 6.07) is 0. The summed E-state index contributed by atoms with van der Waals surface area (Å²) >= 11 is 0. The van der Waals surface area contributed by atoms with Crippen molar-refractivity contribution in [1.82, 2.24) is 0 Å². The van der Waals surface area contributed by atoms with E-state index in [9.17, 15) is 4.79 Å². The number of hydrogen-bond donors (Lipinski definition) is 1. The second kappa shape index (κ2) is 12.9. The molecule has 0 aromatic heterocycles. The first-order valence-electron chi connectivity index (χ1n) is 8.99. The zero-order valence-electron chi connectivity index (χ0n) is 15.3. The number of unbranched alkanes of at least 4 members (excludes halogenated alkanes) is 8. The first-order chi connectivity index (χ1) is 10.3. The van der Waals surface area contributed by atoms with Gasteiger partial charge in [0.1, 0.15) is 12.6 Å². The fourth-order valence-electron chi connectivity index (χ4n) is 2.64. The SMILES string of the molecule is CCCCCCCCCCCOC(CC(=O)O)C[N+](C)(C)C. The number of nitrogens with zero attached hydrogens (tertiary/aromatic N) is 1. The summed E-state index contributed by atoms with van der Waals surface area (Å²) < 4.78 is 6.52. The van der Waals surface area contributed by atoms with Crippen molar-refractivity contribution in [2.45, 2.75) is 77.2 Å². The van der Waals surface area contributed by atoms with Crippen LogP contribution in [0.4, 0.5) is 0 Å². The van der Waals surface area contributed by atoms with Crippen molar-refractivity contribution >= 4 is 5.97 Å². The van der Waals surface area contributed by atoms with E-state index in [1.807, 2.05) is 0 Å². The Labute approximate surface area is 137 Å². The molecule has 0 bridgehead atoms. The van der Waals surface area contributed by atoms with Crippen LogP contribution in [-0.2, 0) is 9.53 Å². The number of ether oxygens (including phenoxy) is 1. The van der Waals surface area contributed by atoms with Gasteiger partial charge in [0.05, 0.1) is 27.6 Å². The second-order valence-corrected chi connectivity index (χ2v) is 7.39. The fourth-order valence-corrected chi connectivity index (χ4v) is 2.64. The maximum atomic E-state index is 10.9. The molecule has 22 heavy (non-hydrogen) atoms. The number of carboxylic acid groups (broad SMARTS) is 1. The third-order valence-electron chi connectivity index (χ3n) is 3.76. The molecule has 0 amide bonds. The third kappa shape index (κ3) is 15.8. The molecule has 4 nitrogen and oxygen atoms in total. The molecule has 0 radical (unpaired) electrons. The first kappa shape index (κ1) is 21.4. The maximum absolute atomic E-state index is 10.9. The molecule has 0 spiro atoms. The van der Waals surface area contributed by atoms with Crippen LogP contribution >= 0.6 is 0 Å². The number of carboxylic acids is 1. The molecular formula is C18H38NO3+. The van der Waals surface area contributed by atoms with Gasteiger partial charge in [0.2, 0.25) is 0 Å². The van der Waals surface area contributed by atoms with Crippen LogP contribution in [0, 0.1) is 0 Å².